The fourth-order valence-electron chi connectivity index (χ4n) is 3.32. The largest absolute Gasteiger partial charge is 1.00 e. The second-order valence-corrected chi connectivity index (χ2v) is 9.01. The van der Waals surface area contributed by atoms with E-state index in [9.17, 15) is 14.4 Å². The maximum absolute atomic E-state index is 10.2. The Balaban J connectivity index is -0.00000392. The van der Waals surface area contributed by atoms with E-state index in [1.54, 1.807) is 0 Å². The Hall–Kier alpha value is 3.30. The molecule has 0 aromatic rings. The van der Waals surface area contributed by atoms with E-state index in [1.807, 2.05) is 0 Å². The first kappa shape index (κ1) is 38.8. The van der Waals surface area contributed by atoms with E-state index in [1.165, 1.54) is 96.3 Å². The molecule has 0 rings (SSSR count). The van der Waals surface area contributed by atoms with Gasteiger partial charge >= 0.3 is 103 Å². The van der Waals surface area contributed by atoms with E-state index < -0.39 is 7.82 Å². The third-order valence-electron chi connectivity index (χ3n) is 5.05. The van der Waals surface area contributed by atoms with Crippen molar-refractivity contribution < 1.29 is 131 Å². The smallest absolute Gasteiger partial charge is 0.788 e. The van der Waals surface area contributed by atoms with Crippen molar-refractivity contribution in [1.29, 1.82) is 0 Å². The van der Waals surface area contributed by atoms with Crippen LogP contribution in [0, 0.1) is 0 Å². The molecule has 0 spiro atoms. The predicted octanol–water partition coefficient (Wildman–Crippen LogP) is -0.170. The quantitative estimate of drug-likeness (QED) is 0.0584. The molecule has 0 N–H and O–H groups in total. The summed E-state index contributed by atoms with van der Waals surface area (Å²) in [4.78, 5) is 24.7. The van der Waals surface area contributed by atoms with Crippen molar-refractivity contribution in [3.05, 3.63) is 0 Å². The molecule has 6 nitrogen and oxygen atoms in total. The molecule has 0 fully saturated rings. The van der Waals surface area contributed by atoms with Gasteiger partial charge in [0.2, 0.25) is 0 Å². The van der Waals surface area contributed by atoms with Gasteiger partial charge in [-0.25, -0.2) is 9.56 Å². The average molecular weight is 515 g/mol. The average Bonchev–Trinajstić information content (AvgIpc) is 2.67. The van der Waals surface area contributed by atoms with Crippen LogP contribution < -0.4 is 113 Å². The van der Waals surface area contributed by atoms with Gasteiger partial charge in [-0.05, 0) is 19.3 Å². The summed E-state index contributed by atoms with van der Waals surface area (Å²) in [6.07, 6.45) is 22.3. The van der Waals surface area contributed by atoms with Crippen LogP contribution in [-0.4, -0.2) is 19.8 Å². The van der Waals surface area contributed by atoms with Crippen molar-refractivity contribution in [1.82, 2.24) is 0 Å². The van der Waals surface area contributed by atoms with Crippen molar-refractivity contribution >= 4 is 7.82 Å². The van der Waals surface area contributed by atoms with Crippen molar-refractivity contribution in [2.75, 3.05) is 19.8 Å². The summed E-state index contributed by atoms with van der Waals surface area (Å²) >= 11 is 0. The van der Waals surface area contributed by atoms with E-state index in [4.69, 9.17) is 4.74 Å². The summed E-state index contributed by atoms with van der Waals surface area (Å²) in [5.74, 6) is 0. The van der Waals surface area contributed by atoms with Gasteiger partial charge < -0.3 is 19.1 Å². The van der Waals surface area contributed by atoms with Crippen molar-refractivity contribution in [2.45, 2.75) is 122 Å². The predicted molar refractivity (Wildman–Crippen MR) is 114 cm³/mol. The van der Waals surface area contributed by atoms with Gasteiger partial charge in [0, 0.05) is 13.2 Å². The zero-order chi connectivity index (χ0) is 21.5. The van der Waals surface area contributed by atoms with Crippen LogP contribution in [-0.2, 0) is 18.9 Å². The second-order valence-electron chi connectivity index (χ2n) is 7.97. The van der Waals surface area contributed by atoms with Crippen LogP contribution in [0.15, 0.2) is 0 Å². The molecule has 0 saturated heterocycles. The minimum atomic E-state index is -4.99. The first-order valence-electron chi connectivity index (χ1n) is 12.0. The summed E-state index contributed by atoms with van der Waals surface area (Å²) in [5.41, 5.74) is 0. The van der Waals surface area contributed by atoms with Crippen LogP contribution in [0.5, 0.6) is 0 Å². The van der Waals surface area contributed by atoms with Gasteiger partial charge in [0.05, 0.1) is 6.61 Å². The van der Waals surface area contributed by atoms with Gasteiger partial charge in [0.1, 0.15) is 7.82 Å². The monoisotopic (exact) mass is 514 g/mol. The van der Waals surface area contributed by atoms with Crippen molar-refractivity contribution in [3.8, 4) is 0 Å². The van der Waals surface area contributed by atoms with E-state index in [2.05, 4.69) is 16.5 Å². The van der Waals surface area contributed by atoms with Gasteiger partial charge in [0.15, 0.2) is 0 Å². The normalized spacial score (nSPS) is 11.2. The topological polar surface area (TPSA) is 90.9 Å². The fraction of sp³-hybridized carbons (Fsp3) is 1.00. The molecular weight excluding hydrogens is 469 g/mol. The maximum atomic E-state index is 10.2. The van der Waals surface area contributed by atoms with E-state index >= 15 is 0 Å². The van der Waals surface area contributed by atoms with E-state index in [0.29, 0.717) is 6.42 Å². The Kier molecular flexibility index (Phi) is 39.2. The molecule has 0 saturated carbocycles. The fourth-order valence-corrected chi connectivity index (χ4v) is 3.52. The first-order chi connectivity index (χ1) is 14.1. The molecule has 0 aliphatic carbocycles. The molecular formula is C22H45K2O6P. The van der Waals surface area contributed by atoms with Crippen molar-refractivity contribution in [3.63, 3.8) is 0 Å². The van der Waals surface area contributed by atoms with Crippen LogP contribution in [0.4, 0.5) is 0 Å². The van der Waals surface area contributed by atoms with Gasteiger partial charge in [0.25, 0.3) is 0 Å². The molecule has 0 aliphatic rings. The number of hydrogen-bond acceptors (Lipinski definition) is 6. The van der Waals surface area contributed by atoms with Gasteiger partial charge in [-0.1, -0.05) is 103 Å². The SMILES string of the molecule is CCCCCCOCCCCCCCCCCCCCCCCOOP(=O)([O-])[O-].[K+].[K+]. The third-order valence-corrected chi connectivity index (χ3v) is 5.34. The summed E-state index contributed by atoms with van der Waals surface area (Å²) in [6, 6.07) is 0. The molecule has 0 aromatic carbocycles. The molecule has 0 bridgehead atoms. The molecule has 0 aliphatic heterocycles. The third kappa shape index (κ3) is 38.0. The number of hydrogen-bond donors (Lipinski definition) is 0. The summed E-state index contributed by atoms with van der Waals surface area (Å²) < 4.78 is 19.6. The minimum absolute atomic E-state index is 0. The van der Waals surface area contributed by atoms with Crippen LogP contribution >= 0.6 is 7.82 Å². The van der Waals surface area contributed by atoms with Crippen LogP contribution in [0.3, 0.4) is 0 Å². The molecule has 0 atom stereocenters. The number of rotatable bonds is 24. The van der Waals surface area contributed by atoms with E-state index in [0.717, 1.165) is 26.1 Å². The zero-order valence-corrected chi connectivity index (χ0v) is 27.9. The molecule has 0 unspecified atom stereocenters. The number of ether oxygens (including phenoxy) is 1. The summed E-state index contributed by atoms with van der Waals surface area (Å²) in [6.45, 7) is 4.27. The molecule has 176 valence electrons. The molecule has 0 radical (unpaired) electrons. The molecule has 9 heteroatoms. The standard InChI is InChI=1S/C22H47O6P.2K/c1-2-3-4-17-20-26-21-18-15-13-11-9-7-5-6-8-10-12-14-16-19-22-27-28-29(23,24)25;;/h2-22H2,1H3,(H2,23,24,25);;/q;2*+1/p-2. The molecule has 0 aromatic heterocycles. The van der Waals surface area contributed by atoms with Gasteiger partial charge in [-0.2, -0.15) is 0 Å². The van der Waals surface area contributed by atoms with Crippen LogP contribution in [0.2, 0.25) is 0 Å². The van der Waals surface area contributed by atoms with Gasteiger partial charge in [-0.3, -0.25) is 0 Å². The Morgan fingerprint density at radius 1 is 0.548 bits per heavy atom. The minimum Gasteiger partial charge on any atom is -0.788 e. The van der Waals surface area contributed by atoms with Crippen LogP contribution in [0.25, 0.3) is 0 Å². The Morgan fingerprint density at radius 3 is 1.23 bits per heavy atom. The molecule has 0 amide bonds. The molecule has 0 heterocycles. The zero-order valence-electron chi connectivity index (χ0n) is 20.7. The molecule has 31 heavy (non-hydrogen) atoms. The van der Waals surface area contributed by atoms with Crippen LogP contribution in [0.1, 0.15) is 122 Å². The van der Waals surface area contributed by atoms with Crippen molar-refractivity contribution in [2.24, 2.45) is 0 Å². The summed E-state index contributed by atoms with van der Waals surface area (Å²) in [7, 11) is -4.99. The Morgan fingerprint density at radius 2 is 0.871 bits per heavy atom. The number of phosphoric acid groups is 1. The first-order valence-corrected chi connectivity index (χ1v) is 13.4. The summed E-state index contributed by atoms with van der Waals surface area (Å²) in [5, 5.41) is 0. The van der Waals surface area contributed by atoms with Gasteiger partial charge in [-0.15, -0.1) is 0 Å². The number of unbranched alkanes of at least 4 members (excludes halogenated alkanes) is 16. The van der Waals surface area contributed by atoms with E-state index in [-0.39, 0.29) is 109 Å². The Bertz CT molecular complexity index is 372. The maximum Gasteiger partial charge on any atom is 1.00 e. The second kappa shape index (κ2) is 31.3. The Labute approximate surface area is 277 Å².